The van der Waals surface area contributed by atoms with Crippen molar-refractivity contribution in [2.45, 2.75) is 13.0 Å². The minimum atomic E-state index is -0.408. The molecule has 1 aromatic rings. The predicted octanol–water partition coefficient (Wildman–Crippen LogP) is 0.500. The summed E-state index contributed by atoms with van der Waals surface area (Å²) >= 11 is 3.09. The first-order valence-electron chi connectivity index (χ1n) is 4.35. The van der Waals surface area contributed by atoms with Gasteiger partial charge in [0, 0.05) is 19.4 Å². The number of hydrogen-bond acceptors (Lipinski definition) is 3. The van der Waals surface area contributed by atoms with Crippen LogP contribution in [-0.2, 0) is 4.79 Å². The Bertz CT molecular complexity index is 415. The first-order chi connectivity index (χ1) is 6.97. The van der Waals surface area contributed by atoms with Crippen molar-refractivity contribution in [2.24, 2.45) is 0 Å². The average molecular weight is 274 g/mol. The lowest BCUT2D eigenvalue weighted by Gasteiger charge is -2.15. The van der Waals surface area contributed by atoms with E-state index in [4.69, 9.17) is 5.73 Å². The number of aromatic nitrogens is 1. The summed E-state index contributed by atoms with van der Waals surface area (Å²) < 4.78 is 1.93. The minimum absolute atomic E-state index is 0.111. The van der Waals surface area contributed by atoms with Crippen molar-refractivity contribution in [2.75, 3.05) is 12.8 Å². The number of likely N-dealkylation sites (N-methyl/N-ethyl adjacent to an activating group) is 1. The molecule has 1 heterocycles. The molecule has 0 aliphatic rings. The number of carbonyl (C=O) groups is 1. The molecular weight excluding hydrogens is 262 g/mol. The van der Waals surface area contributed by atoms with E-state index in [1.54, 1.807) is 24.7 Å². The molecule has 1 rings (SSSR count). The highest BCUT2D eigenvalue weighted by Gasteiger charge is 2.13. The van der Waals surface area contributed by atoms with Crippen molar-refractivity contribution in [3.63, 3.8) is 0 Å². The smallest absolute Gasteiger partial charge is 0.242 e. The van der Waals surface area contributed by atoms with Crippen LogP contribution in [-0.4, -0.2) is 17.5 Å². The van der Waals surface area contributed by atoms with Crippen LogP contribution in [0.2, 0.25) is 0 Å². The molecule has 5 nitrogen and oxygen atoms in total. The third-order valence-corrected chi connectivity index (χ3v) is 2.67. The highest BCUT2D eigenvalue weighted by Crippen LogP contribution is 2.12. The van der Waals surface area contributed by atoms with Crippen LogP contribution in [0.15, 0.2) is 21.7 Å². The van der Waals surface area contributed by atoms with Crippen molar-refractivity contribution in [1.29, 1.82) is 0 Å². The van der Waals surface area contributed by atoms with Crippen molar-refractivity contribution >= 4 is 27.5 Å². The Hall–Kier alpha value is -1.30. The van der Waals surface area contributed by atoms with E-state index in [2.05, 4.69) is 21.2 Å². The molecule has 0 aromatic carbocycles. The van der Waals surface area contributed by atoms with Gasteiger partial charge in [0.1, 0.15) is 6.04 Å². The summed E-state index contributed by atoms with van der Waals surface area (Å²) in [6.07, 6.45) is 2.99. The van der Waals surface area contributed by atoms with Gasteiger partial charge in [0.15, 0.2) is 0 Å². The van der Waals surface area contributed by atoms with Gasteiger partial charge in [-0.3, -0.25) is 9.59 Å². The number of halogens is 1. The monoisotopic (exact) mass is 273 g/mol. The number of amides is 1. The average Bonchev–Trinajstić information content (AvgIpc) is 2.23. The fourth-order valence-corrected chi connectivity index (χ4v) is 1.62. The Kier molecular flexibility index (Phi) is 3.52. The highest BCUT2D eigenvalue weighted by molar-refractivity contribution is 9.10. The van der Waals surface area contributed by atoms with E-state index < -0.39 is 6.04 Å². The topological polar surface area (TPSA) is 77.1 Å². The van der Waals surface area contributed by atoms with Crippen LogP contribution in [0.25, 0.3) is 0 Å². The summed E-state index contributed by atoms with van der Waals surface area (Å²) in [5.41, 5.74) is 5.35. The molecule has 0 bridgehead atoms. The second-order valence-electron chi connectivity index (χ2n) is 3.13. The largest absolute Gasteiger partial charge is 0.394 e. The quantitative estimate of drug-likeness (QED) is 0.824. The Morgan fingerprint density at radius 2 is 2.20 bits per heavy atom. The van der Waals surface area contributed by atoms with Crippen LogP contribution in [0.5, 0.6) is 0 Å². The van der Waals surface area contributed by atoms with Crippen molar-refractivity contribution in [3.05, 3.63) is 27.1 Å². The maximum Gasteiger partial charge on any atom is 0.242 e. The molecule has 1 amide bonds. The van der Waals surface area contributed by atoms with Gasteiger partial charge in [-0.25, -0.2) is 0 Å². The summed E-state index contributed by atoms with van der Waals surface area (Å²) in [6.45, 7) is 1.72. The van der Waals surface area contributed by atoms with Crippen molar-refractivity contribution < 1.29 is 4.79 Å². The van der Waals surface area contributed by atoms with E-state index in [1.165, 1.54) is 6.20 Å². The summed E-state index contributed by atoms with van der Waals surface area (Å²) in [7, 11) is 1.56. The lowest BCUT2D eigenvalue weighted by molar-refractivity contribution is -0.123. The van der Waals surface area contributed by atoms with Crippen LogP contribution in [0, 0.1) is 0 Å². The number of pyridine rings is 1. The van der Waals surface area contributed by atoms with Crippen LogP contribution < -0.4 is 16.5 Å². The number of carbonyl (C=O) groups excluding carboxylic acids is 1. The van der Waals surface area contributed by atoms with Gasteiger partial charge in [0.25, 0.3) is 0 Å². The molecule has 82 valence electrons. The molecule has 3 N–H and O–H groups in total. The lowest BCUT2D eigenvalue weighted by atomic mass is 10.3. The molecule has 1 atom stereocenters. The van der Waals surface area contributed by atoms with Gasteiger partial charge in [-0.05, 0) is 22.9 Å². The molecule has 1 unspecified atom stereocenters. The maximum atomic E-state index is 11.4. The number of rotatable bonds is 2. The van der Waals surface area contributed by atoms with E-state index >= 15 is 0 Å². The Morgan fingerprint density at radius 3 is 2.67 bits per heavy atom. The number of nitrogens with zero attached hydrogens (tertiary/aromatic N) is 1. The standard InChI is InChI=1S/C9H12BrN3O2/c1-5(9(15)12-2)13-3-6(10)8(14)7(11)4-13/h3-5H,11H2,1-2H3,(H,12,15). The fourth-order valence-electron chi connectivity index (χ4n) is 1.15. The number of hydrogen-bond donors (Lipinski definition) is 2. The summed E-state index contributed by atoms with van der Waals surface area (Å²) in [5, 5.41) is 2.52. The van der Waals surface area contributed by atoms with Gasteiger partial charge in [-0.1, -0.05) is 0 Å². The molecule has 0 spiro atoms. The molecule has 0 saturated heterocycles. The van der Waals surface area contributed by atoms with Gasteiger partial charge in [-0.15, -0.1) is 0 Å². The third kappa shape index (κ3) is 2.38. The fraction of sp³-hybridized carbons (Fsp3) is 0.333. The molecule has 6 heteroatoms. The van der Waals surface area contributed by atoms with Crippen molar-refractivity contribution in [1.82, 2.24) is 9.88 Å². The second-order valence-corrected chi connectivity index (χ2v) is 3.98. The number of nitrogens with one attached hydrogen (secondary N) is 1. The highest BCUT2D eigenvalue weighted by atomic mass is 79.9. The van der Waals surface area contributed by atoms with Gasteiger partial charge < -0.3 is 15.6 Å². The number of anilines is 1. The van der Waals surface area contributed by atoms with Crippen LogP contribution in [0.3, 0.4) is 0 Å². The summed E-state index contributed by atoms with van der Waals surface area (Å²) in [6, 6.07) is -0.408. The van der Waals surface area contributed by atoms with Crippen LogP contribution in [0.4, 0.5) is 5.69 Å². The zero-order valence-corrected chi connectivity index (χ0v) is 10.0. The SMILES string of the molecule is CNC(=O)C(C)n1cc(N)c(=O)c(Br)c1. The van der Waals surface area contributed by atoms with Crippen molar-refractivity contribution in [3.8, 4) is 0 Å². The van der Waals surface area contributed by atoms with Gasteiger partial charge in [-0.2, -0.15) is 0 Å². The first-order valence-corrected chi connectivity index (χ1v) is 5.15. The number of nitrogens with two attached hydrogens (primary N) is 1. The van der Waals surface area contributed by atoms with E-state index in [0.717, 1.165) is 0 Å². The molecule has 0 aliphatic heterocycles. The minimum Gasteiger partial charge on any atom is -0.394 e. The lowest BCUT2D eigenvalue weighted by Crippen LogP contribution is -2.28. The first kappa shape index (κ1) is 11.8. The maximum absolute atomic E-state index is 11.4. The predicted molar refractivity (Wildman–Crippen MR) is 61.6 cm³/mol. The summed E-state index contributed by atoms with van der Waals surface area (Å²) in [5.74, 6) is -0.148. The van der Waals surface area contributed by atoms with E-state index in [0.29, 0.717) is 4.47 Å². The third-order valence-electron chi connectivity index (χ3n) is 2.10. The zero-order chi connectivity index (χ0) is 11.6. The van der Waals surface area contributed by atoms with Crippen LogP contribution in [0.1, 0.15) is 13.0 Å². The molecule has 15 heavy (non-hydrogen) atoms. The number of nitrogen functional groups attached to an aromatic ring is 1. The van der Waals surface area contributed by atoms with E-state index in [9.17, 15) is 9.59 Å². The Balaban J connectivity index is 3.17. The molecule has 0 radical (unpaired) electrons. The van der Waals surface area contributed by atoms with Gasteiger partial charge in [0.2, 0.25) is 11.3 Å². The van der Waals surface area contributed by atoms with Gasteiger partial charge >= 0.3 is 0 Å². The molecule has 0 aliphatic carbocycles. The van der Waals surface area contributed by atoms with E-state index in [-0.39, 0.29) is 17.0 Å². The zero-order valence-electron chi connectivity index (χ0n) is 8.45. The Labute approximate surface area is 95.4 Å². The molecule has 0 saturated carbocycles. The Morgan fingerprint density at radius 1 is 1.60 bits per heavy atom. The van der Waals surface area contributed by atoms with Crippen LogP contribution >= 0.6 is 15.9 Å². The van der Waals surface area contributed by atoms with Gasteiger partial charge in [0.05, 0.1) is 10.2 Å². The summed E-state index contributed by atoms with van der Waals surface area (Å²) in [4.78, 5) is 22.7. The molecule has 1 aromatic heterocycles. The molecule has 0 fully saturated rings. The second kappa shape index (κ2) is 4.48. The van der Waals surface area contributed by atoms with E-state index in [1.807, 2.05) is 0 Å². The normalized spacial score (nSPS) is 12.2. The molecular formula is C9H12BrN3O2.